The van der Waals surface area contributed by atoms with Gasteiger partial charge in [-0.15, -0.1) is 0 Å². The van der Waals surface area contributed by atoms with E-state index in [0.717, 1.165) is 13.0 Å². The van der Waals surface area contributed by atoms with Crippen molar-refractivity contribution in [1.29, 1.82) is 0 Å². The maximum Gasteiger partial charge on any atom is 0.0755 e. The lowest BCUT2D eigenvalue weighted by molar-refractivity contribution is 0.0728. The van der Waals surface area contributed by atoms with Gasteiger partial charge in [0.2, 0.25) is 0 Å². The molecule has 0 spiro atoms. The molecular formula is C9H16O. The molecule has 0 saturated carbocycles. The van der Waals surface area contributed by atoms with E-state index in [9.17, 15) is 0 Å². The summed E-state index contributed by atoms with van der Waals surface area (Å²) in [7, 11) is 0. The van der Waals surface area contributed by atoms with Crippen LogP contribution < -0.4 is 0 Å². The van der Waals surface area contributed by atoms with Crippen molar-refractivity contribution >= 4 is 0 Å². The molecule has 1 heteroatoms. The molecular weight excluding hydrogens is 124 g/mol. The highest BCUT2D eigenvalue weighted by molar-refractivity contribution is 4.92. The Hall–Kier alpha value is -0.300. The Balaban J connectivity index is 2.13. The van der Waals surface area contributed by atoms with E-state index in [1.165, 1.54) is 19.3 Å². The minimum Gasteiger partial charge on any atom is -0.374 e. The quantitative estimate of drug-likeness (QED) is 0.547. The number of hydrogen-bond acceptors (Lipinski definition) is 1. The van der Waals surface area contributed by atoms with Gasteiger partial charge in [-0.1, -0.05) is 31.9 Å². The molecule has 0 unspecified atom stereocenters. The van der Waals surface area contributed by atoms with E-state index in [1.807, 2.05) is 0 Å². The first kappa shape index (κ1) is 7.80. The summed E-state index contributed by atoms with van der Waals surface area (Å²) in [6, 6.07) is 0. The monoisotopic (exact) mass is 140 g/mol. The number of hydrogen-bond donors (Lipinski definition) is 0. The second kappa shape index (κ2) is 4.51. The summed E-state index contributed by atoms with van der Waals surface area (Å²) in [5.74, 6) is 0. The van der Waals surface area contributed by atoms with Crippen LogP contribution in [-0.2, 0) is 4.74 Å². The lowest BCUT2D eigenvalue weighted by Gasteiger charge is -2.16. The molecule has 1 nitrogen and oxygen atoms in total. The van der Waals surface area contributed by atoms with Gasteiger partial charge in [0, 0.05) is 0 Å². The first-order valence-corrected chi connectivity index (χ1v) is 4.21. The van der Waals surface area contributed by atoms with Crippen LogP contribution in [0.25, 0.3) is 0 Å². The van der Waals surface area contributed by atoms with Crippen molar-refractivity contribution in [3.8, 4) is 0 Å². The van der Waals surface area contributed by atoms with Crippen molar-refractivity contribution in [2.24, 2.45) is 0 Å². The van der Waals surface area contributed by atoms with E-state index in [-0.39, 0.29) is 0 Å². The molecule has 0 aliphatic carbocycles. The van der Waals surface area contributed by atoms with Crippen LogP contribution in [0.5, 0.6) is 0 Å². The summed E-state index contributed by atoms with van der Waals surface area (Å²) in [6.45, 7) is 3.14. The van der Waals surface area contributed by atoms with Gasteiger partial charge in [-0.3, -0.25) is 0 Å². The standard InChI is InChI=1S/C9H16O/c1-2-3-6-9-7-4-5-8-10-9/h4,7,9H,2-3,5-6,8H2,1H3/t9-/m0/s1. The normalized spacial score (nSPS) is 25.1. The fourth-order valence-electron chi connectivity index (χ4n) is 1.18. The first-order chi connectivity index (χ1) is 4.93. The van der Waals surface area contributed by atoms with Crippen molar-refractivity contribution in [2.45, 2.75) is 38.7 Å². The number of rotatable bonds is 3. The van der Waals surface area contributed by atoms with Crippen LogP contribution >= 0.6 is 0 Å². The lowest BCUT2D eigenvalue weighted by Crippen LogP contribution is -2.13. The van der Waals surface area contributed by atoms with E-state index < -0.39 is 0 Å². The van der Waals surface area contributed by atoms with E-state index in [4.69, 9.17) is 4.74 Å². The van der Waals surface area contributed by atoms with Gasteiger partial charge in [0.15, 0.2) is 0 Å². The zero-order valence-electron chi connectivity index (χ0n) is 6.68. The molecule has 0 amide bonds. The predicted octanol–water partition coefficient (Wildman–Crippen LogP) is 2.52. The Labute approximate surface area is 63.1 Å². The van der Waals surface area contributed by atoms with Crippen molar-refractivity contribution < 1.29 is 4.74 Å². The van der Waals surface area contributed by atoms with Crippen molar-refractivity contribution in [1.82, 2.24) is 0 Å². The largest absolute Gasteiger partial charge is 0.374 e. The van der Waals surface area contributed by atoms with Gasteiger partial charge < -0.3 is 4.74 Å². The SMILES string of the molecule is CCCC[C@H]1C=CCCO1. The Kier molecular flexibility index (Phi) is 3.52. The molecule has 0 N–H and O–H groups in total. The van der Waals surface area contributed by atoms with Gasteiger partial charge in [0.1, 0.15) is 0 Å². The van der Waals surface area contributed by atoms with E-state index in [0.29, 0.717) is 6.10 Å². The maximum atomic E-state index is 5.49. The van der Waals surface area contributed by atoms with Crippen LogP contribution in [-0.4, -0.2) is 12.7 Å². The number of ether oxygens (including phenoxy) is 1. The Bertz CT molecular complexity index is 107. The molecule has 58 valence electrons. The molecule has 1 atom stereocenters. The van der Waals surface area contributed by atoms with Crippen LogP contribution in [0.4, 0.5) is 0 Å². The summed E-state index contributed by atoms with van der Waals surface area (Å²) < 4.78 is 5.49. The second-order valence-corrected chi connectivity index (χ2v) is 2.77. The predicted molar refractivity (Wildman–Crippen MR) is 43.0 cm³/mol. The molecule has 0 fully saturated rings. The molecule has 1 heterocycles. The third-order valence-electron chi connectivity index (χ3n) is 1.81. The van der Waals surface area contributed by atoms with Crippen LogP contribution in [0.2, 0.25) is 0 Å². The van der Waals surface area contributed by atoms with E-state index in [1.54, 1.807) is 0 Å². The summed E-state index contributed by atoms with van der Waals surface area (Å²) in [5, 5.41) is 0. The first-order valence-electron chi connectivity index (χ1n) is 4.21. The van der Waals surface area contributed by atoms with E-state index >= 15 is 0 Å². The summed E-state index contributed by atoms with van der Waals surface area (Å²) in [4.78, 5) is 0. The average molecular weight is 140 g/mol. The third-order valence-corrected chi connectivity index (χ3v) is 1.81. The molecule has 0 bridgehead atoms. The summed E-state index contributed by atoms with van der Waals surface area (Å²) >= 11 is 0. The van der Waals surface area contributed by atoms with Gasteiger partial charge in [0.05, 0.1) is 12.7 Å². The zero-order valence-corrected chi connectivity index (χ0v) is 6.68. The van der Waals surface area contributed by atoms with E-state index in [2.05, 4.69) is 19.1 Å². The number of unbranched alkanes of at least 4 members (excludes halogenated alkanes) is 1. The smallest absolute Gasteiger partial charge is 0.0755 e. The van der Waals surface area contributed by atoms with Crippen molar-refractivity contribution in [3.63, 3.8) is 0 Å². The highest BCUT2D eigenvalue weighted by Gasteiger charge is 2.06. The fraction of sp³-hybridized carbons (Fsp3) is 0.778. The van der Waals surface area contributed by atoms with Crippen molar-refractivity contribution in [2.75, 3.05) is 6.61 Å². The molecule has 0 radical (unpaired) electrons. The minimum atomic E-state index is 0.425. The molecule has 1 aliphatic rings. The van der Waals surface area contributed by atoms with Crippen molar-refractivity contribution in [3.05, 3.63) is 12.2 Å². The van der Waals surface area contributed by atoms with Gasteiger partial charge in [0.25, 0.3) is 0 Å². The fourth-order valence-corrected chi connectivity index (χ4v) is 1.18. The topological polar surface area (TPSA) is 9.23 Å². The van der Waals surface area contributed by atoms with Gasteiger partial charge in [-0.25, -0.2) is 0 Å². The zero-order chi connectivity index (χ0) is 7.23. The second-order valence-electron chi connectivity index (χ2n) is 2.77. The van der Waals surface area contributed by atoms with Crippen LogP contribution in [0.3, 0.4) is 0 Å². The molecule has 0 saturated heterocycles. The highest BCUT2D eigenvalue weighted by Crippen LogP contribution is 2.10. The molecule has 10 heavy (non-hydrogen) atoms. The van der Waals surface area contributed by atoms with Gasteiger partial charge in [-0.2, -0.15) is 0 Å². The maximum absolute atomic E-state index is 5.49. The molecule has 0 aromatic carbocycles. The van der Waals surface area contributed by atoms with Crippen LogP contribution in [0.15, 0.2) is 12.2 Å². The highest BCUT2D eigenvalue weighted by atomic mass is 16.5. The third kappa shape index (κ3) is 2.53. The minimum absolute atomic E-state index is 0.425. The summed E-state index contributed by atoms with van der Waals surface area (Å²) in [5.41, 5.74) is 0. The molecule has 1 aliphatic heterocycles. The Morgan fingerprint density at radius 2 is 2.50 bits per heavy atom. The van der Waals surface area contributed by atoms with Crippen LogP contribution in [0.1, 0.15) is 32.6 Å². The van der Waals surface area contributed by atoms with Gasteiger partial charge >= 0.3 is 0 Å². The lowest BCUT2D eigenvalue weighted by atomic mass is 10.1. The molecule has 1 rings (SSSR count). The van der Waals surface area contributed by atoms with Gasteiger partial charge in [-0.05, 0) is 12.8 Å². The summed E-state index contributed by atoms with van der Waals surface area (Å²) in [6.07, 6.45) is 9.70. The van der Waals surface area contributed by atoms with Crippen LogP contribution in [0, 0.1) is 0 Å². The Morgan fingerprint density at radius 1 is 1.60 bits per heavy atom. The average Bonchev–Trinajstić information content (AvgIpc) is 2.03. The molecule has 0 aromatic heterocycles. The molecule has 0 aromatic rings. The Morgan fingerprint density at radius 3 is 3.10 bits per heavy atom.